The Kier molecular flexibility index (Phi) is 17.9. The second kappa shape index (κ2) is 21.0. The Hall–Kier alpha value is -1.39. The van der Waals surface area contributed by atoms with Crippen LogP contribution >= 0.6 is 31.3 Å². The lowest BCUT2D eigenvalue weighted by molar-refractivity contribution is -0.870. The van der Waals surface area contributed by atoms with E-state index < -0.39 is 13.9 Å². The molecule has 1 N–H and O–H groups in total. The molecule has 11 heteroatoms. The smallest absolute Gasteiger partial charge is 0.319 e. The Balaban J connectivity index is 1.54. The highest BCUT2D eigenvalue weighted by molar-refractivity contribution is 8.17. The summed E-state index contributed by atoms with van der Waals surface area (Å²) >= 11 is 3.50. The van der Waals surface area contributed by atoms with Gasteiger partial charge in [-0.1, -0.05) is 83.4 Å². The van der Waals surface area contributed by atoms with Gasteiger partial charge in [-0.2, -0.15) is 0 Å². The number of quaternary nitrogens is 1. The summed E-state index contributed by atoms with van der Waals surface area (Å²) in [6.07, 6.45) is 11.1. The van der Waals surface area contributed by atoms with Crippen LogP contribution in [0.3, 0.4) is 0 Å². The van der Waals surface area contributed by atoms with Crippen molar-refractivity contribution >= 4 is 31.3 Å². The zero-order valence-electron chi connectivity index (χ0n) is 29.2. The summed E-state index contributed by atoms with van der Waals surface area (Å²) in [6, 6.07) is 13.1. The molecule has 1 saturated heterocycles. The highest BCUT2D eigenvalue weighted by atomic mass is 32.2. The summed E-state index contributed by atoms with van der Waals surface area (Å²) in [7, 11) is 1.47. The first-order valence-corrected chi connectivity index (χ1v) is 20.9. The molecule has 47 heavy (non-hydrogen) atoms. The maximum absolute atomic E-state index is 12.3. The van der Waals surface area contributed by atoms with Crippen LogP contribution in [0.2, 0.25) is 0 Å². The van der Waals surface area contributed by atoms with E-state index in [1.54, 1.807) is 35.7 Å². The molecular formula is C36H58NO7PS2. The van der Waals surface area contributed by atoms with Crippen molar-refractivity contribution in [3.8, 4) is 17.2 Å². The van der Waals surface area contributed by atoms with Crippen LogP contribution in [-0.4, -0.2) is 73.2 Å². The fraction of sp³-hybridized carbons (Fsp3) is 0.667. The molecule has 1 aliphatic heterocycles. The predicted molar refractivity (Wildman–Crippen MR) is 195 cm³/mol. The van der Waals surface area contributed by atoms with E-state index in [1.165, 1.54) is 44.9 Å². The Morgan fingerprint density at radius 3 is 1.98 bits per heavy atom. The van der Waals surface area contributed by atoms with Gasteiger partial charge in [-0.05, 0) is 48.2 Å². The molecule has 2 atom stereocenters. The molecule has 0 aromatic heterocycles. The zero-order chi connectivity index (χ0) is 34.1. The summed E-state index contributed by atoms with van der Waals surface area (Å²) < 4.78 is 35.4. The van der Waals surface area contributed by atoms with E-state index in [2.05, 4.69) is 13.8 Å². The van der Waals surface area contributed by atoms with Gasteiger partial charge in [-0.3, -0.25) is 4.57 Å². The molecule has 1 fully saturated rings. The molecule has 0 spiro atoms. The number of hydrogen-bond acceptors (Lipinski definition) is 9. The minimum Gasteiger partial charge on any atom is -0.746 e. The fourth-order valence-corrected chi connectivity index (χ4v) is 9.04. The molecule has 2 unspecified atom stereocenters. The van der Waals surface area contributed by atoms with Crippen molar-refractivity contribution in [3.05, 3.63) is 53.6 Å². The Labute approximate surface area is 292 Å². The largest absolute Gasteiger partial charge is 0.746 e. The van der Waals surface area contributed by atoms with E-state index in [0.29, 0.717) is 24.2 Å². The summed E-state index contributed by atoms with van der Waals surface area (Å²) in [5.74, 6) is 3.70. The lowest BCUT2D eigenvalue weighted by Crippen LogP contribution is -2.37. The number of hydrogen-bond donors (Lipinski definition) is 1. The molecular weight excluding hydrogens is 654 g/mol. The number of aliphatic hydroxyl groups is 1. The van der Waals surface area contributed by atoms with Crippen LogP contribution in [0, 0.1) is 0 Å². The third kappa shape index (κ3) is 15.4. The molecule has 0 amide bonds. The van der Waals surface area contributed by atoms with Gasteiger partial charge in [0.25, 0.3) is 0 Å². The van der Waals surface area contributed by atoms with Gasteiger partial charge in [-0.15, -0.1) is 23.5 Å². The molecule has 2 aromatic rings. The second-order valence-electron chi connectivity index (χ2n) is 13.4. The first-order valence-electron chi connectivity index (χ1n) is 17.4. The molecule has 0 radical (unpaired) electrons. The van der Waals surface area contributed by atoms with Crippen molar-refractivity contribution in [2.75, 3.05) is 59.0 Å². The second-order valence-corrected chi connectivity index (χ2v) is 17.3. The van der Waals surface area contributed by atoms with Crippen LogP contribution in [0.5, 0.6) is 17.2 Å². The summed E-state index contributed by atoms with van der Waals surface area (Å²) in [5.41, 5.74) is 1.96. The maximum Gasteiger partial charge on any atom is 0.319 e. The van der Waals surface area contributed by atoms with Crippen LogP contribution in [0.25, 0.3) is 0 Å². The monoisotopic (exact) mass is 711 g/mol. The summed E-state index contributed by atoms with van der Waals surface area (Å²) in [5, 5.41) is 11.4. The molecule has 0 aliphatic carbocycles. The Morgan fingerprint density at radius 2 is 1.40 bits per heavy atom. The highest BCUT2D eigenvalue weighted by Crippen LogP contribution is 2.46. The third-order valence-electron chi connectivity index (χ3n) is 8.08. The molecule has 266 valence electrons. The van der Waals surface area contributed by atoms with Crippen LogP contribution in [0.1, 0.15) is 101 Å². The summed E-state index contributed by atoms with van der Waals surface area (Å²) in [4.78, 5) is 12.3. The molecule has 1 aliphatic rings. The van der Waals surface area contributed by atoms with Crippen molar-refractivity contribution in [1.82, 2.24) is 0 Å². The van der Waals surface area contributed by atoms with Gasteiger partial charge in [0.2, 0.25) is 0 Å². The Bertz CT molecular complexity index is 1200. The van der Waals surface area contributed by atoms with Crippen LogP contribution in [0.15, 0.2) is 42.5 Å². The first-order chi connectivity index (χ1) is 22.5. The topological polar surface area (TPSA) is 97.3 Å². The average molecular weight is 712 g/mol. The van der Waals surface area contributed by atoms with Crippen molar-refractivity contribution in [2.24, 2.45) is 0 Å². The third-order valence-corrected chi connectivity index (χ3v) is 12.2. The molecule has 3 rings (SSSR count). The van der Waals surface area contributed by atoms with Gasteiger partial charge in [0.05, 0.1) is 38.9 Å². The number of phosphoric acid groups is 1. The lowest BCUT2D eigenvalue weighted by atomic mass is 10.0. The van der Waals surface area contributed by atoms with Gasteiger partial charge in [-0.25, -0.2) is 0 Å². The van der Waals surface area contributed by atoms with E-state index in [4.69, 9.17) is 18.5 Å². The average Bonchev–Trinajstić information content (AvgIpc) is 3.04. The quantitative estimate of drug-likeness (QED) is 0.0691. The number of nitrogens with zero attached hydrogens (tertiary/aromatic N) is 1. The van der Waals surface area contributed by atoms with Crippen molar-refractivity contribution in [2.45, 2.75) is 94.7 Å². The number of benzene rings is 2. The van der Waals surface area contributed by atoms with E-state index in [9.17, 15) is 14.6 Å². The van der Waals surface area contributed by atoms with Gasteiger partial charge >= 0.3 is 7.82 Å². The highest BCUT2D eigenvalue weighted by Gasteiger charge is 2.30. The lowest BCUT2D eigenvalue weighted by Gasteiger charge is -2.31. The van der Waals surface area contributed by atoms with E-state index in [0.717, 1.165) is 53.4 Å². The maximum atomic E-state index is 12.3. The number of phosphoric ester groups is 1. The molecule has 1 heterocycles. The number of unbranched alkanes of at least 4 members (excludes halogenated alkanes) is 8. The number of aliphatic hydroxyl groups excluding tert-OH is 1. The van der Waals surface area contributed by atoms with Gasteiger partial charge in [0.15, 0.2) is 11.5 Å². The molecule has 0 bridgehead atoms. The van der Waals surface area contributed by atoms with E-state index in [-0.39, 0.29) is 22.9 Å². The van der Waals surface area contributed by atoms with E-state index >= 15 is 0 Å². The van der Waals surface area contributed by atoms with E-state index in [1.807, 2.05) is 51.5 Å². The molecule has 2 aromatic carbocycles. The fourth-order valence-electron chi connectivity index (χ4n) is 5.15. The normalized spacial score (nSPS) is 18.8. The number of likely N-dealkylation sites (N-methyl/N-ethyl adjacent to an activating group) is 1. The molecule has 0 saturated carbocycles. The predicted octanol–water partition coefficient (Wildman–Crippen LogP) is 8.58. The zero-order valence-corrected chi connectivity index (χ0v) is 31.7. The minimum atomic E-state index is -4.44. The number of ether oxygens (including phenoxy) is 2. The van der Waals surface area contributed by atoms with Crippen molar-refractivity contribution in [1.29, 1.82) is 0 Å². The minimum absolute atomic E-state index is 0.00343. The van der Waals surface area contributed by atoms with Crippen LogP contribution < -0.4 is 18.9 Å². The standard InChI is InChI=1S/C36H58NO7PS2/c1-6-8-10-12-14-23-41-33-21-18-30(26-34(33)42-24-15-13-11-9-7-2)35(38)36-46-27-31(28-47-36)29-16-19-32(20-17-29)44-45(39,40)43-25-22-37(3,4)5/h16-21,26,31,35-36,38H,6-15,22-25,27-28H2,1-5H3. The first kappa shape index (κ1) is 40.0. The van der Waals surface area contributed by atoms with Crippen LogP contribution in [0.4, 0.5) is 0 Å². The Morgan fingerprint density at radius 1 is 0.830 bits per heavy atom. The van der Waals surface area contributed by atoms with Gasteiger partial charge in [0.1, 0.15) is 25.0 Å². The summed E-state index contributed by atoms with van der Waals surface area (Å²) in [6.45, 7) is 6.37. The van der Waals surface area contributed by atoms with Gasteiger partial charge in [0, 0.05) is 17.4 Å². The SMILES string of the molecule is CCCCCCCOc1ccc(C(O)C2SCC(c3ccc(OP(=O)([O-])OCC[N+](C)(C)C)cc3)CS2)cc1OCCCCCCC. The number of thioether (sulfide) groups is 2. The van der Waals surface area contributed by atoms with Crippen LogP contribution in [-0.2, 0) is 9.09 Å². The van der Waals surface area contributed by atoms with Gasteiger partial charge < -0.3 is 33.0 Å². The van der Waals surface area contributed by atoms with Crippen molar-refractivity contribution < 1.29 is 37.6 Å². The van der Waals surface area contributed by atoms with Crippen molar-refractivity contribution in [3.63, 3.8) is 0 Å². The number of rotatable bonds is 23. The molecule has 8 nitrogen and oxygen atoms in total.